The van der Waals surface area contributed by atoms with E-state index in [9.17, 15) is 9.90 Å². The number of carbonyl (C=O) groups is 1. The molecule has 0 saturated heterocycles. The summed E-state index contributed by atoms with van der Waals surface area (Å²) in [5.74, 6) is -0.135. The second-order valence-electron chi connectivity index (χ2n) is 3.22. The van der Waals surface area contributed by atoms with Crippen molar-refractivity contribution in [3.8, 4) is 5.75 Å². The van der Waals surface area contributed by atoms with Crippen molar-refractivity contribution in [1.82, 2.24) is 10.2 Å². The Labute approximate surface area is 111 Å². The van der Waals surface area contributed by atoms with Gasteiger partial charge in [0.05, 0.1) is 5.56 Å². The number of nitrogens with one attached hydrogen (secondary N) is 1. The summed E-state index contributed by atoms with van der Waals surface area (Å²) >= 11 is 2.07. The Kier molecular flexibility index (Phi) is 3.52. The molecule has 2 aromatic rings. The van der Waals surface area contributed by atoms with Crippen LogP contribution in [0.5, 0.6) is 5.75 Å². The van der Waals surface area contributed by atoms with Gasteiger partial charge in [-0.2, -0.15) is 5.10 Å². The number of nitrogens with zero attached hydrogens (tertiary/aromatic N) is 2. The summed E-state index contributed by atoms with van der Waals surface area (Å²) in [7, 11) is 0. The topological polar surface area (TPSA) is 75.1 Å². The predicted molar refractivity (Wildman–Crippen MR) is 70.8 cm³/mol. The molecule has 1 amide bonds. The lowest BCUT2D eigenvalue weighted by Crippen LogP contribution is -2.13. The molecule has 17 heavy (non-hydrogen) atoms. The molecular weight excluding hydrogens is 333 g/mol. The first-order chi connectivity index (χ1) is 8.16. The molecule has 1 aromatic carbocycles. The van der Waals surface area contributed by atoms with Crippen LogP contribution in [0.1, 0.15) is 10.4 Å². The summed E-state index contributed by atoms with van der Waals surface area (Å²) in [6, 6.07) is 8.08. The lowest BCUT2D eigenvalue weighted by atomic mass is 10.2. The van der Waals surface area contributed by atoms with E-state index in [-0.39, 0.29) is 11.3 Å². The molecule has 0 saturated carbocycles. The zero-order chi connectivity index (χ0) is 12.3. The van der Waals surface area contributed by atoms with Gasteiger partial charge in [0, 0.05) is 9.77 Å². The van der Waals surface area contributed by atoms with Gasteiger partial charge >= 0.3 is 0 Å². The summed E-state index contributed by atoms with van der Waals surface area (Å²) in [4.78, 5) is 11.8. The molecule has 0 bridgehead atoms. The number of amides is 1. The molecule has 86 valence electrons. The molecule has 6 heteroatoms. The number of anilines is 1. The highest BCUT2D eigenvalue weighted by Crippen LogP contribution is 2.20. The first-order valence-electron chi connectivity index (χ1n) is 4.74. The third-order valence-corrected chi connectivity index (χ3v) is 2.69. The van der Waals surface area contributed by atoms with Gasteiger partial charge in [0.2, 0.25) is 0 Å². The minimum atomic E-state index is -0.415. The quantitative estimate of drug-likeness (QED) is 0.820. The van der Waals surface area contributed by atoms with Gasteiger partial charge in [-0.1, -0.05) is 0 Å². The van der Waals surface area contributed by atoms with Crippen molar-refractivity contribution in [2.75, 3.05) is 5.32 Å². The van der Waals surface area contributed by atoms with Crippen LogP contribution in [0.4, 0.5) is 5.82 Å². The molecule has 2 rings (SSSR count). The highest BCUT2D eigenvalue weighted by atomic mass is 127. The van der Waals surface area contributed by atoms with Crippen LogP contribution < -0.4 is 5.32 Å². The standard InChI is InChI=1S/C11H8IN3O2/c12-7-3-4-9(16)8(6-7)11(17)14-10-2-1-5-13-15-10/h1-6,16H,(H,14,15,17). The Balaban J connectivity index is 2.23. The van der Waals surface area contributed by atoms with Crippen LogP contribution in [0, 0.1) is 3.57 Å². The third-order valence-electron chi connectivity index (χ3n) is 2.02. The first kappa shape index (κ1) is 11.8. The van der Waals surface area contributed by atoms with E-state index in [1.807, 2.05) is 0 Å². The first-order valence-corrected chi connectivity index (χ1v) is 5.82. The van der Waals surface area contributed by atoms with Crippen LogP contribution in [0.2, 0.25) is 0 Å². The van der Waals surface area contributed by atoms with E-state index in [2.05, 4.69) is 38.1 Å². The van der Waals surface area contributed by atoms with E-state index in [0.29, 0.717) is 5.82 Å². The monoisotopic (exact) mass is 341 g/mol. The van der Waals surface area contributed by atoms with E-state index in [0.717, 1.165) is 3.57 Å². The lowest BCUT2D eigenvalue weighted by molar-refractivity contribution is 0.102. The van der Waals surface area contributed by atoms with Gasteiger partial charge in [0.15, 0.2) is 5.82 Å². The summed E-state index contributed by atoms with van der Waals surface area (Å²) in [5, 5.41) is 19.5. The Morgan fingerprint density at radius 3 is 2.88 bits per heavy atom. The number of phenolic OH excluding ortho intramolecular Hbond substituents is 1. The average Bonchev–Trinajstić information content (AvgIpc) is 2.33. The van der Waals surface area contributed by atoms with Gasteiger partial charge in [-0.3, -0.25) is 4.79 Å². The van der Waals surface area contributed by atoms with Crippen LogP contribution in [0.3, 0.4) is 0 Å². The molecule has 1 heterocycles. The fourth-order valence-corrected chi connectivity index (χ4v) is 1.73. The van der Waals surface area contributed by atoms with Crippen LogP contribution in [-0.4, -0.2) is 21.2 Å². The maximum atomic E-state index is 11.8. The zero-order valence-corrected chi connectivity index (χ0v) is 10.7. The number of benzene rings is 1. The van der Waals surface area contributed by atoms with Crippen molar-refractivity contribution < 1.29 is 9.90 Å². The SMILES string of the molecule is O=C(Nc1cccnn1)c1cc(I)ccc1O. The number of hydrogen-bond donors (Lipinski definition) is 2. The van der Waals surface area contributed by atoms with Crippen molar-refractivity contribution in [2.45, 2.75) is 0 Å². The Morgan fingerprint density at radius 2 is 2.18 bits per heavy atom. The molecule has 0 spiro atoms. The van der Waals surface area contributed by atoms with Crippen molar-refractivity contribution in [1.29, 1.82) is 0 Å². The van der Waals surface area contributed by atoms with E-state index in [1.54, 1.807) is 24.3 Å². The molecule has 0 aliphatic carbocycles. The minimum absolute atomic E-state index is 0.0631. The van der Waals surface area contributed by atoms with Gasteiger partial charge in [0.1, 0.15) is 5.75 Å². The average molecular weight is 341 g/mol. The summed E-state index contributed by atoms with van der Waals surface area (Å²) in [5.41, 5.74) is 0.211. The van der Waals surface area contributed by atoms with E-state index in [1.165, 1.54) is 12.3 Å². The number of halogens is 1. The lowest BCUT2D eigenvalue weighted by Gasteiger charge is -2.05. The highest BCUT2D eigenvalue weighted by Gasteiger charge is 2.12. The van der Waals surface area contributed by atoms with Crippen LogP contribution in [-0.2, 0) is 0 Å². The third kappa shape index (κ3) is 2.90. The minimum Gasteiger partial charge on any atom is -0.507 e. The molecule has 0 aliphatic heterocycles. The van der Waals surface area contributed by atoms with Gasteiger partial charge in [-0.05, 0) is 52.9 Å². The summed E-state index contributed by atoms with van der Waals surface area (Å²) in [6.07, 6.45) is 1.51. The summed E-state index contributed by atoms with van der Waals surface area (Å²) < 4.78 is 0.865. The Hall–Kier alpha value is -1.70. The second-order valence-corrected chi connectivity index (χ2v) is 4.47. The van der Waals surface area contributed by atoms with Crippen LogP contribution in [0.25, 0.3) is 0 Å². The van der Waals surface area contributed by atoms with Crippen molar-refractivity contribution in [3.05, 3.63) is 45.7 Å². The van der Waals surface area contributed by atoms with Crippen LogP contribution >= 0.6 is 22.6 Å². The van der Waals surface area contributed by atoms with Crippen molar-refractivity contribution in [2.24, 2.45) is 0 Å². The fourth-order valence-electron chi connectivity index (χ4n) is 1.24. The molecule has 0 radical (unpaired) electrons. The molecule has 0 atom stereocenters. The molecule has 0 aliphatic rings. The van der Waals surface area contributed by atoms with Gasteiger partial charge < -0.3 is 10.4 Å². The number of hydrogen-bond acceptors (Lipinski definition) is 4. The molecule has 0 unspecified atom stereocenters. The number of rotatable bonds is 2. The largest absolute Gasteiger partial charge is 0.507 e. The van der Waals surface area contributed by atoms with Crippen molar-refractivity contribution >= 4 is 34.3 Å². The maximum Gasteiger partial charge on any atom is 0.260 e. The fraction of sp³-hybridized carbons (Fsp3) is 0. The van der Waals surface area contributed by atoms with E-state index >= 15 is 0 Å². The normalized spacial score (nSPS) is 9.94. The molecule has 1 aromatic heterocycles. The van der Waals surface area contributed by atoms with E-state index < -0.39 is 5.91 Å². The van der Waals surface area contributed by atoms with E-state index in [4.69, 9.17) is 0 Å². The second kappa shape index (κ2) is 5.09. The number of aromatic hydroxyl groups is 1. The maximum absolute atomic E-state index is 11.8. The Bertz CT molecular complexity index is 546. The van der Waals surface area contributed by atoms with Crippen LogP contribution in [0.15, 0.2) is 36.5 Å². The smallest absolute Gasteiger partial charge is 0.260 e. The molecule has 0 fully saturated rings. The van der Waals surface area contributed by atoms with Crippen molar-refractivity contribution in [3.63, 3.8) is 0 Å². The molecular formula is C11H8IN3O2. The highest BCUT2D eigenvalue weighted by molar-refractivity contribution is 14.1. The Morgan fingerprint density at radius 1 is 1.35 bits per heavy atom. The zero-order valence-electron chi connectivity index (χ0n) is 8.59. The molecule has 2 N–H and O–H groups in total. The number of phenols is 1. The van der Waals surface area contributed by atoms with Gasteiger partial charge in [0.25, 0.3) is 5.91 Å². The predicted octanol–water partition coefficient (Wildman–Crippen LogP) is 2.04. The summed E-state index contributed by atoms with van der Waals surface area (Å²) in [6.45, 7) is 0. The van der Waals surface area contributed by atoms with Gasteiger partial charge in [-0.25, -0.2) is 0 Å². The van der Waals surface area contributed by atoms with Gasteiger partial charge in [-0.15, -0.1) is 5.10 Å². The number of carbonyl (C=O) groups excluding carboxylic acids is 1. The number of aromatic nitrogens is 2. The molecule has 5 nitrogen and oxygen atoms in total.